The quantitative estimate of drug-likeness (QED) is 0.751. The molecule has 1 N–H and O–H groups in total. The molecule has 2 rings (SSSR count). The number of rotatable bonds is 2. The minimum Gasteiger partial charge on any atom is -0.501 e. The highest BCUT2D eigenvalue weighted by Gasteiger charge is 2.28. The predicted molar refractivity (Wildman–Crippen MR) is 60.3 cm³/mol. The normalized spacial score (nSPS) is 23.5. The van der Waals surface area contributed by atoms with Crippen LogP contribution in [-0.2, 0) is 9.53 Å². The average Bonchev–Trinajstić information content (AvgIpc) is 2.26. The van der Waals surface area contributed by atoms with Crippen LogP contribution < -0.4 is 0 Å². The molecule has 0 aromatic rings. The molecular formula is C11H10ClNO3. The second kappa shape index (κ2) is 4.14. The number of methoxy groups -OCH3 is 1. The third-order valence-electron chi connectivity index (χ3n) is 2.52. The first-order chi connectivity index (χ1) is 7.61. The molecule has 84 valence electrons. The Morgan fingerprint density at radius 3 is 3.00 bits per heavy atom. The summed E-state index contributed by atoms with van der Waals surface area (Å²) in [6.07, 6.45) is 5.96. The zero-order valence-corrected chi connectivity index (χ0v) is 9.36. The maximum Gasteiger partial charge on any atom is 0.354 e. The zero-order valence-electron chi connectivity index (χ0n) is 8.61. The number of halogens is 1. The van der Waals surface area contributed by atoms with Crippen molar-refractivity contribution in [3.63, 3.8) is 0 Å². The van der Waals surface area contributed by atoms with Crippen molar-refractivity contribution in [1.29, 1.82) is 0 Å². The number of carboxylic acids is 1. The number of hydrogen-bond acceptors (Lipinski definition) is 3. The van der Waals surface area contributed by atoms with Crippen LogP contribution in [0.4, 0.5) is 0 Å². The van der Waals surface area contributed by atoms with Crippen molar-refractivity contribution in [1.82, 2.24) is 0 Å². The standard InChI is InChI=1S/C11H10ClNO3/c1-16-7-2-3-8-6(4-7)5-9(12)13-10(8)11(14)15/h3-6H,2H2,1H3,(H,14,15). The molecule has 0 saturated heterocycles. The number of carbonyl (C=O) groups is 1. The van der Waals surface area contributed by atoms with Gasteiger partial charge >= 0.3 is 5.97 Å². The van der Waals surface area contributed by atoms with Gasteiger partial charge in [0.2, 0.25) is 0 Å². The van der Waals surface area contributed by atoms with Gasteiger partial charge in [-0.15, -0.1) is 0 Å². The third-order valence-corrected chi connectivity index (χ3v) is 2.73. The molecule has 1 atom stereocenters. The second-order valence-electron chi connectivity index (χ2n) is 3.48. The molecule has 1 aliphatic carbocycles. The topological polar surface area (TPSA) is 58.9 Å². The van der Waals surface area contributed by atoms with Gasteiger partial charge in [-0.2, -0.15) is 0 Å². The average molecular weight is 240 g/mol. The minimum absolute atomic E-state index is 0.0175. The Morgan fingerprint density at radius 2 is 2.38 bits per heavy atom. The fourth-order valence-electron chi connectivity index (χ4n) is 1.78. The number of hydrogen-bond donors (Lipinski definition) is 1. The lowest BCUT2D eigenvalue weighted by atomic mass is 9.87. The summed E-state index contributed by atoms with van der Waals surface area (Å²) in [5.74, 6) is -0.405. The predicted octanol–water partition coefficient (Wildman–Crippen LogP) is 2.08. The van der Waals surface area contributed by atoms with Gasteiger partial charge in [0.15, 0.2) is 5.71 Å². The molecule has 0 saturated carbocycles. The molecule has 0 fully saturated rings. The first kappa shape index (κ1) is 11.0. The van der Waals surface area contributed by atoms with E-state index in [9.17, 15) is 4.79 Å². The summed E-state index contributed by atoms with van der Waals surface area (Å²) in [4.78, 5) is 14.8. The molecule has 0 spiro atoms. The Hall–Kier alpha value is -1.55. The lowest BCUT2D eigenvalue weighted by Crippen LogP contribution is -2.24. The maximum absolute atomic E-state index is 11.0. The highest BCUT2D eigenvalue weighted by atomic mass is 35.5. The number of ether oxygens (including phenoxy) is 1. The number of allylic oxidation sites excluding steroid dienone is 3. The Morgan fingerprint density at radius 1 is 1.62 bits per heavy atom. The van der Waals surface area contributed by atoms with Crippen molar-refractivity contribution < 1.29 is 14.6 Å². The fraction of sp³-hybridized carbons (Fsp3) is 0.273. The Balaban J connectivity index is 2.39. The van der Waals surface area contributed by atoms with Gasteiger partial charge in [0, 0.05) is 12.3 Å². The third kappa shape index (κ3) is 1.88. The number of aliphatic carboxylic acids is 1. The maximum atomic E-state index is 11.0. The molecule has 5 heteroatoms. The van der Waals surface area contributed by atoms with Gasteiger partial charge in [-0.1, -0.05) is 17.7 Å². The Labute approximate surface area is 97.6 Å². The van der Waals surface area contributed by atoms with E-state index < -0.39 is 5.97 Å². The van der Waals surface area contributed by atoms with Crippen LogP contribution in [0.3, 0.4) is 0 Å². The summed E-state index contributed by atoms with van der Waals surface area (Å²) in [6, 6.07) is 0. The summed E-state index contributed by atoms with van der Waals surface area (Å²) >= 11 is 5.78. The van der Waals surface area contributed by atoms with Crippen molar-refractivity contribution in [3.8, 4) is 0 Å². The fourth-order valence-corrected chi connectivity index (χ4v) is 2.00. The SMILES string of the molecule is COC1=CC2C=C(Cl)N=C(C(=O)O)C2=CC1. The van der Waals surface area contributed by atoms with E-state index in [-0.39, 0.29) is 16.8 Å². The van der Waals surface area contributed by atoms with E-state index >= 15 is 0 Å². The molecule has 16 heavy (non-hydrogen) atoms. The van der Waals surface area contributed by atoms with Crippen LogP contribution in [0.15, 0.2) is 39.7 Å². The van der Waals surface area contributed by atoms with E-state index in [0.29, 0.717) is 12.0 Å². The summed E-state index contributed by atoms with van der Waals surface area (Å²) in [5, 5.41) is 9.21. The van der Waals surface area contributed by atoms with Crippen LogP contribution in [0, 0.1) is 5.92 Å². The first-order valence-corrected chi connectivity index (χ1v) is 5.14. The van der Waals surface area contributed by atoms with Crippen LogP contribution in [0.25, 0.3) is 0 Å². The highest BCUT2D eigenvalue weighted by molar-refractivity contribution is 6.45. The Kier molecular flexibility index (Phi) is 2.83. The van der Waals surface area contributed by atoms with Crippen LogP contribution >= 0.6 is 11.6 Å². The highest BCUT2D eigenvalue weighted by Crippen LogP contribution is 2.31. The molecule has 2 aliphatic rings. The summed E-state index contributed by atoms with van der Waals surface area (Å²) in [5.41, 5.74) is 0.696. The first-order valence-electron chi connectivity index (χ1n) is 4.76. The van der Waals surface area contributed by atoms with Crippen molar-refractivity contribution in [3.05, 3.63) is 34.7 Å². The molecule has 0 bridgehead atoms. The van der Waals surface area contributed by atoms with Crippen LogP contribution in [0.2, 0.25) is 0 Å². The number of fused-ring (bicyclic) bond motifs is 1. The van der Waals surface area contributed by atoms with Crippen molar-refractivity contribution in [2.75, 3.05) is 7.11 Å². The van der Waals surface area contributed by atoms with E-state index in [1.54, 1.807) is 13.2 Å². The number of carboxylic acid groups (broad SMARTS) is 1. The van der Waals surface area contributed by atoms with E-state index in [0.717, 1.165) is 5.76 Å². The van der Waals surface area contributed by atoms with Gasteiger partial charge in [0.25, 0.3) is 0 Å². The van der Waals surface area contributed by atoms with Gasteiger partial charge in [-0.3, -0.25) is 0 Å². The van der Waals surface area contributed by atoms with Gasteiger partial charge in [0.1, 0.15) is 5.16 Å². The van der Waals surface area contributed by atoms with E-state index in [2.05, 4.69) is 4.99 Å². The number of nitrogens with zero attached hydrogens (tertiary/aromatic N) is 1. The van der Waals surface area contributed by atoms with Crippen LogP contribution in [-0.4, -0.2) is 23.9 Å². The smallest absolute Gasteiger partial charge is 0.354 e. The lowest BCUT2D eigenvalue weighted by molar-refractivity contribution is -0.129. The second-order valence-corrected chi connectivity index (χ2v) is 3.87. The van der Waals surface area contributed by atoms with Crippen LogP contribution in [0.5, 0.6) is 0 Å². The molecule has 1 unspecified atom stereocenters. The van der Waals surface area contributed by atoms with Crippen molar-refractivity contribution >= 4 is 23.3 Å². The molecule has 0 amide bonds. The van der Waals surface area contributed by atoms with Crippen molar-refractivity contribution in [2.45, 2.75) is 6.42 Å². The van der Waals surface area contributed by atoms with Gasteiger partial charge < -0.3 is 9.84 Å². The minimum atomic E-state index is -1.06. The van der Waals surface area contributed by atoms with Crippen LogP contribution in [0.1, 0.15) is 6.42 Å². The monoisotopic (exact) mass is 239 g/mol. The molecule has 1 aliphatic heterocycles. The zero-order chi connectivity index (χ0) is 11.7. The van der Waals surface area contributed by atoms with Gasteiger partial charge in [-0.25, -0.2) is 9.79 Å². The molecule has 4 nitrogen and oxygen atoms in total. The number of aliphatic imine (C=N–C) groups is 1. The molecule has 0 aromatic heterocycles. The molecule has 0 radical (unpaired) electrons. The largest absolute Gasteiger partial charge is 0.501 e. The van der Waals surface area contributed by atoms with E-state index in [4.69, 9.17) is 21.4 Å². The Bertz CT molecular complexity index is 460. The summed E-state index contributed by atoms with van der Waals surface area (Å²) in [7, 11) is 1.59. The molecular weight excluding hydrogens is 230 g/mol. The van der Waals surface area contributed by atoms with E-state index in [1.165, 1.54) is 0 Å². The summed E-state index contributed by atoms with van der Waals surface area (Å²) < 4.78 is 5.13. The van der Waals surface area contributed by atoms with Crippen molar-refractivity contribution in [2.24, 2.45) is 10.9 Å². The van der Waals surface area contributed by atoms with Gasteiger partial charge in [-0.05, 0) is 17.7 Å². The lowest BCUT2D eigenvalue weighted by Gasteiger charge is -2.22. The van der Waals surface area contributed by atoms with Gasteiger partial charge in [0.05, 0.1) is 12.9 Å². The molecule has 1 heterocycles. The molecule has 0 aromatic carbocycles. The van der Waals surface area contributed by atoms with E-state index in [1.807, 2.05) is 12.2 Å². The summed E-state index contributed by atoms with van der Waals surface area (Å²) in [6.45, 7) is 0.